The normalized spacial score (nSPS) is 16.7. The molecule has 0 aliphatic carbocycles. The van der Waals surface area contributed by atoms with Crippen LogP contribution in [0, 0.1) is 0 Å². The molecule has 1 aromatic heterocycles. The zero-order chi connectivity index (χ0) is 17.6. The fraction of sp³-hybridized carbons (Fsp3) is 0.389. The van der Waals surface area contributed by atoms with Gasteiger partial charge in [-0.25, -0.2) is 4.98 Å². The third-order valence-electron chi connectivity index (χ3n) is 4.03. The van der Waals surface area contributed by atoms with Crippen molar-refractivity contribution < 1.29 is 14.3 Å². The summed E-state index contributed by atoms with van der Waals surface area (Å²) in [4.78, 5) is 31.1. The number of amides is 2. The van der Waals surface area contributed by atoms with Crippen LogP contribution < -0.4 is 10.1 Å². The summed E-state index contributed by atoms with van der Waals surface area (Å²) < 4.78 is 5.60. The zero-order valence-corrected chi connectivity index (χ0v) is 14.9. The van der Waals surface area contributed by atoms with Gasteiger partial charge < -0.3 is 15.0 Å². The molecule has 1 aliphatic rings. The summed E-state index contributed by atoms with van der Waals surface area (Å²) in [6.45, 7) is 3.22. The summed E-state index contributed by atoms with van der Waals surface area (Å²) in [7, 11) is 0. The highest BCUT2D eigenvalue weighted by atomic mass is 32.1. The molecular weight excluding hydrogens is 338 g/mol. The van der Waals surface area contributed by atoms with Crippen molar-refractivity contribution in [2.75, 3.05) is 18.5 Å². The predicted octanol–water partition coefficient (Wildman–Crippen LogP) is 3.18. The van der Waals surface area contributed by atoms with E-state index in [4.69, 9.17) is 4.74 Å². The van der Waals surface area contributed by atoms with Gasteiger partial charge in [0.25, 0.3) is 5.91 Å². The van der Waals surface area contributed by atoms with Gasteiger partial charge >= 0.3 is 0 Å². The van der Waals surface area contributed by atoms with E-state index in [1.165, 1.54) is 11.3 Å². The van der Waals surface area contributed by atoms with E-state index < -0.39 is 6.04 Å². The summed E-state index contributed by atoms with van der Waals surface area (Å²) in [6, 6.07) is 6.68. The molecule has 0 radical (unpaired) electrons. The monoisotopic (exact) mass is 359 g/mol. The lowest BCUT2D eigenvalue weighted by atomic mass is 10.1. The maximum absolute atomic E-state index is 12.9. The van der Waals surface area contributed by atoms with E-state index in [9.17, 15) is 9.59 Å². The number of rotatable bonds is 6. The first-order valence-corrected chi connectivity index (χ1v) is 9.31. The van der Waals surface area contributed by atoms with Gasteiger partial charge in [0.2, 0.25) is 5.91 Å². The van der Waals surface area contributed by atoms with Crippen LogP contribution in [0.2, 0.25) is 0 Å². The van der Waals surface area contributed by atoms with E-state index in [1.807, 2.05) is 13.0 Å². The number of ether oxygens (including phenoxy) is 1. The number of nitrogens with zero attached hydrogens (tertiary/aromatic N) is 2. The lowest BCUT2D eigenvalue weighted by Crippen LogP contribution is -2.43. The Labute approximate surface area is 150 Å². The van der Waals surface area contributed by atoms with Crippen molar-refractivity contribution >= 4 is 28.3 Å². The summed E-state index contributed by atoms with van der Waals surface area (Å²) in [5.41, 5.74) is 0.544. The molecule has 25 heavy (non-hydrogen) atoms. The first kappa shape index (κ1) is 17.4. The van der Waals surface area contributed by atoms with Crippen molar-refractivity contribution in [2.45, 2.75) is 32.2 Å². The Hall–Kier alpha value is -2.41. The third-order valence-corrected chi connectivity index (χ3v) is 4.72. The van der Waals surface area contributed by atoms with Gasteiger partial charge in [-0.05, 0) is 37.5 Å². The lowest BCUT2D eigenvalue weighted by Gasteiger charge is -2.23. The van der Waals surface area contributed by atoms with Crippen LogP contribution in [0.3, 0.4) is 0 Å². The minimum Gasteiger partial charge on any atom is -0.494 e. The van der Waals surface area contributed by atoms with Gasteiger partial charge in [0, 0.05) is 23.7 Å². The van der Waals surface area contributed by atoms with E-state index in [0.29, 0.717) is 36.0 Å². The number of hydrogen-bond acceptors (Lipinski definition) is 5. The number of carbonyl (C=O) groups excluding carboxylic acids is 2. The van der Waals surface area contributed by atoms with Crippen molar-refractivity contribution in [1.29, 1.82) is 0 Å². The van der Waals surface area contributed by atoms with Crippen molar-refractivity contribution in [2.24, 2.45) is 0 Å². The summed E-state index contributed by atoms with van der Waals surface area (Å²) in [5, 5.41) is 5.14. The standard InChI is InChI=1S/C18H21N3O3S/c1-2-10-24-14-6-3-5-13(12-14)17(23)21-9-4-7-15(21)16(22)20-18-19-8-11-25-18/h3,5-6,8,11-12,15H,2,4,7,9-10H2,1H3,(H,19,20,22). The van der Waals surface area contributed by atoms with Crippen LogP contribution in [0.25, 0.3) is 0 Å². The topological polar surface area (TPSA) is 71.5 Å². The molecule has 7 heteroatoms. The molecule has 6 nitrogen and oxygen atoms in total. The number of nitrogens with one attached hydrogen (secondary N) is 1. The molecule has 132 valence electrons. The number of benzene rings is 1. The Morgan fingerprint density at radius 1 is 1.44 bits per heavy atom. The van der Waals surface area contributed by atoms with E-state index in [-0.39, 0.29) is 11.8 Å². The number of thiazole rings is 1. The fourth-order valence-electron chi connectivity index (χ4n) is 2.86. The molecule has 1 atom stereocenters. The molecule has 2 aromatic rings. The molecule has 0 saturated carbocycles. The molecule has 1 aromatic carbocycles. The predicted molar refractivity (Wildman–Crippen MR) is 97.0 cm³/mol. The van der Waals surface area contributed by atoms with Crippen molar-refractivity contribution in [3.8, 4) is 5.75 Å². The number of hydrogen-bond donors (Lipinski definition) is 1. The largest absolute Gasteiger partial charge is 0.494 e. The van der Waals surface area contributed by atoms with Crippen LogP contribution in [0.5, 0.6) is 5.75 Å². The molecule has 2 heterocycles. The summed E-state index contributed by atoms with van der Waals surface area (Å²) >= 11 is 1.36. The molecule has 2 amide bonds. The van der Waals surface area contributed by atoms with E-state index in [1.54, 1.807) is 34.7 Å². The minimum atomic E-state index is -0.461. The average molecular weight is 359 g/mol. The highest BCUT2D eigenvalue weighted by Crippen LogP contribution is 2.24. The first-order chi connectivity index (χ1) is 12.2. The maximum atomic E-state index is 12.9. The van der Waals surface area contributed by atoms with E-state index in [2.05, 4.69) is 10.3 Å². The molecule has 1 saturated heterocycles. The highest BCUT2D eigenvalue weighted by molar-refractivity contribution is 7.13. The molecule has 1 aliphatic heterocycles. The molecular formula is C18H21N3O3S. The zero-order valence-electron chi connectivity index (χ0n) is 14.1. The number of anilines is 1. The van der Waals surface area contributed by atoms with Gasteiger partial charge in [0.15, 0.2) is 5.13 Å². The molecule has 1 fully saturated rings. The van der Waals surface area contributed by atoms with Crippen LogP contribution >= 0.6 is 11.3 Å². The SMILES string of the molecule is CCCOc1cccc(C(=O)N2CCCC2C(=O)Nc2nccs2)c1. The van der Waals surface area contributed by atoms with Crippen LogP contribution in [0.1, 0.15) is 36.5 Å². The van der Waals surface area contributed by atoms with Crippen molar-refractivity contribution in [3.63, 3.8) is 0 Å². The number of carbonyl (C=O) groups is 2. The Balaban J connectivity index is 1.71. The summed E-state index contributed by atoms with van der Waals surface area (Å²) in [6.07, 6.45) is 4.02. The van der Waals surface area contributed by atoms with Gasteiger partial charge in [0.05, 0.1) is 6.61 Å². The van der Waals surface area contributed by atoms with Gasteiger partial charge in [-0.15, -0.1) is 11.3 Å². The molecule has 1 unspecified atom stereocenters. The Kier molecular flexibility index (Phi) is 5.65. The fourth-order valence-corrected chi connectivity index (χ4v) is 3.39. The second kappa shape index (κ2) is 8.11. The molecule has 0 bridgehead atoms. The lowest BCUT2D eigenvalue weighted by molar-refractivity contribution is -0.119. The number of likely N-dealkylation sites (tertiary alicyclic amines) is 1. The van der Waals surface area contributed by atoms with Gasteiger partial charge in [-0.2, -0.15) is 0 Å². The molecule has 1 N–H and O–H groups in total. The van der Waals surface area contributed by atoms with Crippen LogP contribution in [0.15, 0.2) is 35.8 Å². The van der Waals surface area contributed by atoms with Crippen LogP contribution in [-0.2, 0) is 4.79 Å². The van der Waals surface area contributed by atoms with Gasteiger partial charge in [-0.3, -0.25) is 9.59 Å². The van der Waals surface area contributed by atoms with E-state index in [0.717, 1.165) is 12.8 Å². The van der Waals surface area contributed by atoms with Crippen LogP contribution in [-0.4, -0.2) is 40.9 Å². The van der Waals surface area contributed by atoms with Gasteiger partial charge in [-0.1, -0.05) is 13.0 Å². The maximum Gasteiger partial charge on any atom is 0.254 e. The van der Waals surface area contributed by atoms with E-state index >= 15 is 0 Å². The smallest absolute Gasteiger partial charge is 0.254 e. The first-order valence-electron chi connectivity index (χ1n) is 8.43. The van der Waals surface area contributed by atoms with Gasteiger partial charge in [0.1, 0.15) is 11.8 Å². The summed E-state index contributed by atoms with van der Waals surface area (Å²) in [5.74, 6) is 0.355. The van der Waals surface area contributed by atoms with Crippen molar-refractivity contribution in [1.82, 2.24) is 9.88 Å². The second-order valence-corrected chi connectivity index (χ2v) is 6.75. The number of aromatic nitrogens is 1. The third kappa shape index (κ3) is 4.17. The minimum absolute atomic E-state index is 0.140. The van der Waals surface area contributed by atoms with Crippen LogP contribution in [0.4, 0.5) is 5.13 Å². The quantitative estimate of drug-likeness (QED) is 0.860. The van der Waals surface area contributed by atoms with Crippen molar-refractivity contribution in [3.05, 3.63) is 41.4 Å². The Morgan fingerprint density at radius 2 is 2.32 bits per heavy atom. The highest BCUT2D eigenvalue weighted by Gasteiger charge is 2.34. The molecule has 0 spiro atoms. The molecule has 3 rings (SSSR count). The second-order valence-electron chi connectivity index (χ2n) is 5.86. The average Bonchev–Trinajstić information content (AvgIpc) is 3.31. The Bertz CT molecular complexity index is 733. The Morgan fingerprint density at radius 3 is 3.08 bits per heavy atom.